The fourth-order valence-corrected chi connectivity index (χ4v) is 2.80. The van der Waals surface area contributed by atoms with Gasteiger partial charge in [0.15, 0.2) is 0 Å². The van der Waals surface area contributed by atoms with E-state index in [4.69, 9.17) is 14.8 Å². The second-order valence-corrected chi connectivity index (χ2v) is 6.66. The van der Waals surface area contributed by atoms with E-state index in [1.807, 2.05) is 0 Å². The maximum absolute atomic E-state index is 11.1. The molecule has 0 aliphatic carbocycles. The van der Waals surface area contributed by atoms with E-state index >= 15 is 0 Å². The molecule has 2 aromatic rings. The third-order valence-electron chi connectivity index (χ3n) is 2.52. The molecule has 0 radical (unpaired) electrons. The summed E-state index contributed by atoms with van der Waals surface area (Å²) in [5.41, 5.74) is 5.33. The van der Waals surface area contributed by atoms with Crippen molar-refractivity contribution in [3.63, 3.8) is 0 Å². The molecule has 0 fully saturated rings. The zero-order chi connectivity index (χ0) is 14.4. The molecule has 2 rings (SSSR count). The Morgan fingerprint density at radius 2 is 1.45 bits per heavy atom. The van der Waals surface area contributed by atoms with Gasteiger partial charge in [-0.3, -0.25) is 9.11 Å². The molecule has 0 spiro atoms. The van der Waals surface area contributed by atoms with Crippen molar-refractivity contribution in [3.05, 3.63) is 30.3 Å². The molecular weight excluding hydrogens is 317 g/mol. The molecule has 0 aromatic heterocycles. The van der Waals surface area contributed by atoms with E-state index in [9.17, 15) is 16.8 Å². The van der Waals surface area contributed by atoms with Crippen molar-refractivity contribution in [2.24, 2.45) is 0 Å². The van der Waals surface area contributed by atoms with Crippen LogP contribution in [0.3, 0.4) is 0 Å². The van der Waals surface area contributed by atoms with Gasteiger partial charge in [0, 0.05) is 0 Å². The van der Waals surface area contributed by atoms with Gasteiger partial charge in [-0.1, -0.05) is 6.07 Å². The minimum absolute atomic E-state index is 0. The van der Waals surface area contributed by atoms with Gasteiger partial charge >= 0.3 is 29.6 Å². The maximum atomic E-state index is 11.1. The van der Waals surface area contributed by atoms with E-state index in [2.05, 4.69) is 0 Å². The molecular formula is C10H9NNaO6S2+. The minimum atomic E-state index is -4.51. The van der Waals surface area contributed by atoms with Gasteiger partial charge < -0.3 is 5.73 Å². The van der Waals surface area contributed by atoms with Crippen LogP contribution in [0.15, 0.2) is 40.1 Å². The largest absolute Gasteiger partial charge is 1.00 e. The van der Waals surface area contributed by atoms with Crippen molar-refractivity contribution in [2.75, 3.05) is 5.73 Å². The summed E-state index contributed by atoms with van der Waals surface area (Å²) < 4.78 is 62.0. The van der Waals surface area contributed by atoms with Crippen LogP contribution in [0.2, 0.25) is 0 Å². The van der Waals surface area contributed by atoms with E-state index in [0.29, 0.717) is 5.39 Å². The predicted octanol–water partition coefficient (Wildman–Crippen LogP) is -2.08. The van der Waals surface area contributed by atoms with Gasteiger partial charge in [0.2, 0.25) is 0 Å². The third-order valence-corrected chi connectivity index (χ3v) is 4.28. The first kappa shape index (κ1) is 17.4. The summed E-state index contributed by atoms with van der Waals surface area (Å²) in [6.45, 7) is 0. The maximum Gasteiger partial charge on any atom is 1.00 e. The molecule has 0 saturated heterocycles. The number of anilines is 1. The molecule has 0 bridgehead atoms. The first-order valence-electron chi connectivity index (χ1n) is 4.87. The second kappa shape index (κ2) is 5.60. The molecule has 2 aromatic carbocycles. The average molecular weight is 326 g/mol. The molecule has 4 N–H and O–H groups in total. The van der Waals surface area contributed by atoms with E-state index in [0.717, 1.165) is 18.2 Å². The molecule has 7 nitrogen and oxygen atoms in total. The first-order chi connectivity index (χ1) is 8.59. The zero-order valence-corrected chi connectivity index (χ0v) is 13.9. The van der Waals surface area contributed by atoms with Crippen LogP contribution in [0.5, 0.6) is 0 Å². The Labute approximate surface area is 137 Å². The number of hydrogen-bond acceptors (Lipinski definition) is 5. The van der Waals surface area contributed by atoms with Crippen LogP contribution in [0.4, 0.5) is 5.69 Å². The van der Waals surface area contributed by atoms with Crippen molar-refractivity contribution >= 4 is 36.7 Å². The van der Waals surface area contributed by atoms with Crippen LogP contribution in [0.25, 0.3) is 10.8 Å². The van der Waals surface area contributed by atoms with Crippen molar-refractivity contribution in [3.8, 4) is 0 Å². The second-order valence-electron chi connectivity index (χ2n) is 3.85. The Bertz CT molecular complexity index is 876. The Kier molecular flexibility index (Phi) is 4.87. The third kappa shape index (κ3) is 3.50. The van der Waals surface area contributed by atoms with Crippen LogP contribution >= 0.6 is 0 Å². The average Bonchev–Trinajstić information content (AvgIpc) is 2.24. The van der Waals surface area contributed by atoms with Crippen LogP contribution in [0.1, 0.15) is 0 Å². The van der Waals surface area contributed by atoms with Crippen molar-refractivity contribution in [1.29, 1.82) is 0 Å². The van der Waals surface area contributed by atoms with Gasteiger partial charge in [0.1, 0.15) is 4.90 Å². The van der Waals surface area contributed by atoms with E-state index in [-0.39, 0.29) is 45.5 Å². The number of nitrogens with two attached hydrogens (primary N) is 1. The summed E-state index contributed by atoms with van der Waals surface area (Å²) in [7, 11) is -8.91. The monoisotopic (exact) mass is 326 g/mol. The van der Waals surface area contributed by atoms with Gasteiger partial charge in [-0.2, -0.15) is 16.8 Å². The molecule has 0 atom stereocenters. The minimum Gasteiger partial charge on any atom is -0.398 e. The zero-order valence-electron chi connectivity index (χ0n) is 10.3. The van der Waals surface area contributed by atoms with Crippen molar-refractivity contribution in [1.82, 2.24) is 0 Å². The summed E-state index contributed by atoms with van der Waals surface area (Å²) in [6, 6.07) is 5.92. The quantitative estimate of drug-likeness (QED) is 0.327. The standard InChI is InChI=1S/C10H9NO6S2.Na/c11-9-4-6-1-2-8(18(12,13)14)3-7(6)5-10(9)19(15,16)17;/h1-5H,11H2,(H,12,13,14)(H,15,16,17);/q;+1. The fourth-order valence-electron chi connectivity index (χ4n) is 1.66. The molecule has 0 unspecified atom stereocenters. The van der Waals surface area contributed by atoms with Crippen LogP contribution in [-0.4, -0.2) is 25.9 Å². The van der Waals surface area contributed by atoms with Crippen molar-refractivity contribution in [2.45, 2.75) is 9.79 Å². The molecule has 0 saturated carbocycles. The van der Waals surface area contributed by atoms with Gasteiger partial charge in [-0.05, 0) is 35.0 Å². The van der Waals surface area contributed by atoms with E-state index < -0.39 is 25.1 Å². The Morgan fingerprint density at radius 1 is 0.850 bits per heavy atom. The molecule has 0 aliphatic rings. The predicted molar refractivity (Wildman–Crippen MR) is 68.0 cm³/mol. The normalized spacial score (nSPS) is 12.1. The van der Waals surface area contributed by atoms with Gasteiger partial charge in [-0.15, -0.1) is 0 Å². The Hall–Kier alpha value is -0.680. The topological polar surface area (TPSA) is 135 Å². The van der Waals surface area contributed by atoms with Crippen LogP contribution < -0.4 is 35.3 Å². The SMILES string of the molecule is Nc1cc2ccc(S(=O)(=O)O)cc2cc1S(=O)(=O)O.[Na+]. The number of nitrogen functional groups attached to an aromatic ring is 1. The number of rotatable bonds is 2. The molecule has 0 aliphatic heterocycles. The Balaban J connectivity index is 0.00000200. The summed E-state index contributed by atoms with van der Waals surface area (Å²) in [4.78, 5) is -0.904. The molecule has 0 amide bonds. The van der Waals surface area contributed by atoms with Gasteiger partial charge in [0.25, 0.3) is 20.2 Å². The van der Waals surface area contributed by atoms with Gasteiger partial charge in [0.05, 0.1) is 10.6 Å². The van der Waals surface area contributed by atoms with Crippen molar-refractivity contribution < 1.29 is 55.5 Å². The smallest absolute Gasteiger partial charge is 0.398 e. The summed E-state index contributed by atoms with van der Waals surface area (Å²) in [5.74, 6) is 0. The number of hydrogen-bond donors (Lipinski definition) is 3. The number of fused-ring (bicyclic) bond motifs is 1. The Morgan fingerprint density at radius 3 is 1.95 bits per heavy atom. The van der Waals surface area contributed by atoms with Crippen LogP contribution in [0, 0.1) is 0 Å². The molecule has 20 heavy (non-hydrogen) atoms. The molecule has 102 valence electrons. The molecule has 10 heteroatoms. The fraction of sp³-hybridized carbons (Fsp3) is 0. The molecule has 0 heterocycles. The summed E-state index contributed by atoms with van der Waals surface area (Å²) in [5, 5.41) is 0.675. The van der Waals surface area contributed by atoms with Crippen LogP contribution in [-0.2, 0) is 20.2 Å². The van der Waals surface area contributed by atoms with E-state index in [1.54, 1.807) is 0 Å². The number of benzene rings is 2. The first-order valence-corrected chi connectivity index (χ1v) is 7.75. The van der Waals surface area contributed by atoms with E-state index in [1.165, 1.54) is 12.1 Å². The van der Waals surface area contributed by atoms with Gasteiger partial charge in [-0.25, -0.2) is 0 Å². The summed E-state index contributed by atoms with van der Waals surface area (Å²) >= 11 is 0. The summed E-state index contributed by atoms with van der Waals surface area (Å²) in [6.07, 6.45) is 0.